The van der Waals surface area contributed by atoms with E-state index in [4.69, 9.17) is 9.15 Å². The maximum absolute atomic E-state index is 13.8. The highest BCUT2D eigenvalue weighted by molar-refractivity contribution is 7.07. The van der Waals surface area contributed by atoms with Crippen LogP contribution in [0.4, 0.5) is 11.4 Å². The molecule has 3 heterocycles. The average molecular weight is 573 g/mol. The molecule has 0 saturated carbocycles. The smallest absolute Gasteiger partial charge is 0.338 e. The number of fused-ring (bicyclic) bond motifs is 1. The van der Waals surface area contributed by atoms with E-state index < -0.39 is 16.9 Å². The number of hydrogen-bond acceptors (Lipinski definition) is 9. The lowest BCUT2D eigenvalue weighted by atomic mass is 9.95. The number of thiazole rings is 1. The van der Waals surface area contributed by atoms with Crippen LogP contribution in [0.5, 0.6) is 0 Å². The number of rotatable bonds is 7. The Labute approximate surface area is 239 Å². The second kappa shape index (κ2) is 11.0. The van der Waals surface area contributed by atoms with Gasteiger partial charge in [0, 0.05) is 43.6 Å². The molecule has 2 aromatic carbocycles. The van der Waals surface area contributed by atoms with Gasteiger partial charge in [-0.25, -0.2) is 9.79 Å². The first-order chi connectivity index (χ1) is 19.6. The molecule has 2 aromatic heterocycles. The van der Waals surface area contributed by atoms with Crippen molar-refractivity contribution in [3.63, 3.8) is 0 Å². The van der Waals surface area contributed by atoms with Gasteiger partial charge in [-0.05, 0) is 62.2 Å². The summed E-state index contributed by atoms with van der Waals surface area (Å²) in [5.41, 5.74) is 3.65. The van der Waals surface area contributed by atoms with Gasteiger partial charge in [0.05, 0.1) is 33.4 Å². The minimum absolute atomic E-state index is 0.00234. The minimum Gasteiger partial charge on any atom is -0.463 e. The molecule has 0 amide bonds. The van der Waals surface area contributed by atoms with E-state index in [0.29, 0.717) is 43.3 Å². The highest BCUT2D eigenvalue weighted by Gasteiger charge is 2.33. The van der Waals surface area contributed by atoms with E-state index in [0.717, 1.165) is 11.3 Å². The van der Waals surface area contributed by atoms with Crippen molar-refractivity contribution in [2.75, 3.05) is 25.6 Å². The van der Waals surface area contributed by atoms with Crippen molar-refractivity contribution in [1.82, 2.24) is 4.57 Å². The Balaban J connectivity index is 1.60. The first-order valence-electron chi connectivity index (χ1n) is 12.9. The third kappa shape index (κ3) is 5.23. The molecular weight excluding hydrogens is 544 g/mol. The van der Waals surface area contributed by atoms with Gasteiger partial charge in [-0.15, -0.1) is 0 Å². The van der Waals surface area contributed by atoms with Gasteiger partial charge < -0.3 is 14.1 Å². The number of non-ortho nitro benzene ring substituents is 1. The van der Waals surface area contributed by atoms with E-state index in [9.17, 15) is 19.7 Å². The fourth-order valence-corrected chi connectivity index (χ4v) is 5.83. The number of nitro groups is 1. The van der Waals surface area contributed by atoms with E-state index in [1.54, 1.807) is 45.0 Å². The van der Waals surface area contributed by atoms with Crippen LogP contribution in [0.25, 0.3) is 17.4 Å². The van der Waals surface area contributed by atoms with Crippen LogP contribution in [0.3, 0.4) is 0 Å². The number of carbonyl (C=O) groups excluding carboxylic acids is 1. The SMILES string of the molecule is CCOC(=O)C1=C(C)N=c2sc(=Cc3ccc(-c4ccc([N+](=O)[O-])cc4C)o3)c(=O)n2C1c1ccc(N(C)C)cc1. The van der Waals surface area contributed by atoms with Crippen LogP contribution in [-0.4, -0.2) is 36.2 Å². The zero-order chi connectivity index (χ0) is 29.4. The molecule has 5 rings (SSSR count). The van der Waals surface area contributed by atoms with Crippen molar-refractivity contribution in [3.05, 3.63) is 113 Å². The molecule has 1 unspecified atom stereocenters. The zero-order valence-electron chi connectivity index (χ0n) is 23.2. The summed E-state index contributed by atoms with van der Waals surface area (Å²) in [4.78, 5) is 44.6. The number of nitrogens with zero attached hydrogens (tertiary/aromatic N) is 4. The standard InChI is InChI=1S/C30H28N4O6S/c1-6-39-29(36)26-18(3)31-30-33(27(26)19-7-9-20(10-8-19)32(4)5)28(35)25(41-30)16-22-12-14-24(40-22)23-13-11-21(34(37)38)15-17(23)2/h7-16,27H,6H2,1-5H3. The highest BCUT2D eigenvalue weighted by atomic mass is 32.1. The van der Waals surface area contributed by atoms with E-state index in [1.807, 2.05) is 43.3 Å². The van der Waals surface area contributed by atoms with Crippen molar-refractivity contribution in [3.8, 4) is 11.3 Å². The van der Waals surface area contributed by atoms with Gasteiger partial charge in [-0.1, -0.05) is 23.5 Å². The molecule has 210 valence electrons. The molecule has 0 bridgehead atoms. The third-order valence-electron chi connectivity index (χ3n) is 6.83. The van der Waals surface area contributed by atoms with E-state index in [-0.39, 0.29) is 17.9 Å². The molecule has 0 spiro atoms. The van der Waals surface area contributed by atoms with Crippen LogP contribution >= 0.6 is 11.3 Å². The molecule has 0 fully saturated rings. The molecule has 0 N–H and O–H groups in total. The van der Waals surface area contributed by atoms with Gasteiger partial charge in [-0.3, -0.25) is 19.5 Å². The van der Waals surface area contributed by atoms with Crippen LogP contribution in [0, 0.1) is 17.0 Å². The van der Waals surface area contributed by atoms with Gasteiger partial charge in [0.15, 0.2) is 4.80 Å². The van der Waals surface area contributed by atoms with Crippen molar-refractivity contribution in [1.29, 1.82) is 0 Å². The normalized spacial score (nSPS) is 15.0. The van der Waals surface area contributed by atoms with Crippen molar-refractivity contribution >= 4 is 34.8 Å². The molecule has 0 aliphatic carbocycles. The number of esters is 1. The molecule has 1 aliphatic heterocycles. The number of aryl methyl sites for hydroxylation is 1. The van der Waals surface area contributed by atoms with Gasteiger partial charge in [0.1, 0.15) is 11.5 Å². The molecule has 10 nitrogen and oxygen atoms in total. The molecule has 41 heavy (non-hydrogen) atoms. The Morgan fingerprint density at radius 3 is 2.54 bits per heavy atom. The molecule has 0 radical (unpaired) electrons. The predicted octanol–water partition coefficient (Wildman–Crippen LogP) is 4.34. The number of aromatic nitrogens is 1. The van der Waals surface area contributed by atoms with Crippen molar-refractivity contribution < 1.29 is 18.9 Å². The molecular formula is C30H28N4O6S. The summed E-state index contributed by atoms with van der Waals surface area (Å²) in [7, 11) is 3.88. The number of nitro benzene ring substituents is 1. The topological polar surface area (TPSA) is 120 Å². The maximum atomic E-state index is 13.8. The summed E-state index contributed by atoms with van der Waals surface area (Å²) < 4.78 is 13.3. The summed E-state index contributed by atoms with van der Waals surface area (Å²) in [6.45, 7) is 5.45. The Bertz CT molecular complexity index is 1880. The number of benzene rings is 2. The van der Waals surface area contributed by atoms with Gasteiger partial charge >= 0.3 is 5.97 Å². The number of furan rings is 1. The van der Waals surface area contributed by atoms with Gasteiger partial charge in [-0.2, -0.15) is 0 Å². The van der Waals surface area contributed by atoms with E-state index >= 15 is 0 Å². The van der Waals surface area contributed by atoms with E-state index in [2.05, 4.69) is 4.99 Å². The molecule has 11 heteroatoms. The lowest BCUT2D eigenvalue weighted by Crippen LogP contribution is -2.39. The third-order valence-corrected chi connectivity index (χ3v) is 7.81. The minimum atomic E-state index is -0.710. The quantitative estimate of drug-likeness (QED) is 0.184. The Hall–Kier alpha value is -4.77. The monoisotopic (exact) mass is 572 g/mol. The molecule has 4 aromatic rings. The van der Waals surface area contributed by atoms with Crippen LogP contribution in [-0.2, 0) is 9.53 Å². The Morgan fingerprint density at radius 2 is 1.90 bits per heavy atom. The zero-order valence-corrected chi connectivity index (χ0v) is 24.0. The first-order valence-corrected chi connectivity index (χ1v) is 13.7. The van der Waals surface area contributed by atoms with Crippen LogP contribution in [0.15, 0.2) is 80.1 Å². The fourth-order valence-electron chi connectivity index (χ4n) is 4.80. The second-order valence-electron chi connectivity index (χ2n) is 9.75. The first kappa shape index (κ1) is 27.8. The van der Waals surface area contributed by atoms with Crippen molar-refractivity contribution in [2.24, 2.45) is 4.99 Å². The Morgan fingerprint density at radius 1 is 1.17 bits per heavy atom. The fraction of sp³-hybridized carbons (Fsp3) is 0.233. The molecule has 1 aliphatic rings. The second-order valence-corrected chi connectivity index (χ2v) is 10.8. The highest BCUT2D eigenvalue weighted by Crippen LogP contribution is 2.32. The largest absolute Gasteiger partial charge is 0.463 e. The summed E-state index contributed by atoms with van der Waals surface area (Å²) in [5, 5.41) is 11.1. The summed E-state index contributed by atoms with van der Waals surface area (Å²) in [6, 6.07) is 15.0. The number of carbonyl (C=O) groups is 1. The maximum Gasteiger partial charge on any atom is 0.338 e. The van der Waals surface area contributed by atoms with Crippen LogP contribution < -0.4 is 19.8 Å². The lowest BCUT2D eigenvalue weighted by molar-refractivity contribution is -0.384. The van der Waals surface area contributed by atoms with Gasteiger partial charge in [0.25, 0.3) is 11.2 Å². The average Bonchev–Trinajstić information content (AvgIpc) is 3.52. The summed E-state index contributed by atoms with van der Waals surface area (Å²) >= 11 is 1.21. The van der Waals surface area contributed by atoms with Crippen molar-refractivity contribution in [2.45, 2.75) is 26.8 Å². The van der Waals surface area contributed by atoms with Crippen LogP contribution in [0.2, 0.25) is 0 Å². The summed E-state index contributed by atoms with van der Waals surface area (Å²) in [6.07, 6.45) is 1.64. The summed E-state index contributed by atoms with van der Waals surface area (Å²) in [5.74, 6) is 0.450. The number of hydrogen-bond donors (Lipinski definition) is 0. The lowest BCUT2D eigenvalue weighted by Gasteiger charge is -2.25. The van der Waals surface area contributed by atoms with Crippen LogP contribution in [0.1, 0.15) is 36.8 Å². The number of ether oxygens (including phenoxy) is 1. The number of anilines is 1. The predicted molar refractivity (Wildman–Crippen MR) is 157 cm³/mol. The van der Waals surface area contributed by atoms with Gasteiger partial charge in [0.2, 0.25) is 0 Å². The molecule has 1 atom stereocenters. The Kier molecular flexibility index (Phi) is 7.46. The van der Waals surface area contributed by atoms with E-state index in [1.165, 1.54) is 28.0 Å². The number of allylic oxidation sites excluding steroid dienone is 1. The molecule has 0 saturated heterocycles.